The summed E-state index contributed by atoms with van der Waals surface area (Å²) in [6.45, 7) is 2.41. The lowest BCUT2D eigenvalue weighted by Gasteiger charge is -2.12. The third-order valence-electron chi connectivity index (χ3n) is 2.22. The average molecular weight is 271 g/mol. The molecular formula is C10H23ClN2O2S. The minimum Gasteiger partial charge on any atom is -0.393 e. The van der Waals surface area contributed by atoms with Crippen LogP contribution in [0.2, 0.25) is 0 Å². The zero-order chi connectivity index (χ0) is 11.7. The summed E-state index contributed by atoms with van der Waals surface area (Å²) in [5.74, 6) is 0.777. The van der Waals surface area contributed by atoms with Gasteiger partial charge in [0.15, 0.2) is 0 Å². The molecule has 1 unspecified atom stereocenters. The molecule has 0 aliphatic carbocycles. The maximum Gasteiger partial charge on any atom is 0.236 e. The molecule has 4 nitrogen and oxygen atoms in total. The molecule has 98 valence electrons. The van der Waals surface area contributed by atoms with Crippen molar-refractivity contribution in [3.8, 4) is 0 Å². The monoisotopic (exact) mass is 270 g/mol. The van der Waals surface area contributed by atoms with Crippen LogP contribution in [0, 0.1) is 0 Å². The van der Waals surface area contributed by atoms with Crippen LogP contribution in [-0.4, -0.2) is 41.7 Å². The molecule has 0 saturated heterocycles. The molecule has 0 aromatic rings. The number of halogens is 1. The highest BCUT2D eigenvalue weighted by Gasteiger charge is 2.12. The summed E-state index contributed by atoms with van der Waals surface area (Å²) in [7, 11) is 0. The van der Waals surface area contributed by atoms with Crippen molar-refractivity contribution >= 4 is 30.1 Å². The van der Waals surface area contributed by atoms with Crippen molar-refractivity contribution < 1.29 is 9.90 Å². The molecule has 0 saturated carbocycles. The molecule has 0 aliphatic heterocycles. The van der Waals surface area contributed by atoms with E-state index in [-0.39, 0.29) is 24.4 Å². The molecular weight excluding hydrogens is 248 g/mol. The van der Waals surface area contributed by atoms with E-state index >= 15 is 0 Å². The number of hydrogen-bond donors (Lipinski definition) is 3. The Morgan fingerprint density at radius 3 is 2.62 bits per heavy atom. The second-order valence-corrected chi connectivity index (χ2v) is 4.52. The fourth-order valence-corrected chi connectivity index (χ4v) is 1.56. The van der Waals surface area contributed by atoms with Crippen molar-refractivity contribution in [2.45, 2.75) is 38.3 Å². The molecule has 0 spiro atoms. The fraction of sp³-hybridized carbons (Fsp3) is 0.900. The lowest BCUT2D eigenvalue weighted by atomic mass is 10.2. The van der Waals surface area contributed by atoms with Gasteiger partial charge in [0.25, 0.3) is 0 Å². The Hall–Kier alpha value is 0.0300. The van der Waals surface area contributed by atoms with E-state index in [0.717, 1.165) is 5.75 Å². The molecule has 1 amide bonds. The number of thioether (sulfide) groups is 1. The standard InChI is InChI=1S/C10H22N2O2S.ClH/c1-3-8(13)4-6-12-10(14)9(11)5-7-15-2;/h8-9,13H,3-7,11H2,1-2H3,(H,12,14);1H/t8?,9-;/m0./s1. The van der Waals surface area contributed by atoms with Crippen LogP contribution in [-0.2, 0) is 4.79 Å². The molecule has 4 N–H and O–H groups in total. The summed E-state index contributed by atoms with van der Waals surface area (Å²) in [6, 6.07) is -0.420. The van der Waals surface area contributed by atoms with Crippen molar-refractivity contribution in [1.29, 1.82) is 0 Å². The number of aliphatic hydroxyl groups is 1. The number of carbonyl (C=O) groups excluding carboxylic acids is 1. The van der Waals surface area contributed by atoms with E-state index in [1.165, 1.54) is 0 Å². The normalized spacial score (nSPS) is 13.8. The van der Waals surface area contributed by atoms with Crippen LogP contribution in [0.15, 0.2) is 0 Å². The molecule has 0 aromatic carbocycles. The van der Waals surface area contributed by atoms with Gasteiger partial charge in [0.05, 0.1) is 12.1 Å². The first-order chi connectivity index (χ1) is 7.11. The van der Waals surface area contributed by atoms with E-state index in [0.29, 0.717) is 25.8 Å². The van der Waals surface area contributed by atoms with Crippen molar-refractivity contribution in [3.05, 3.63) is 0 Å². The van der Waals surface area contributed by atoms with Crippen LogP contribution in [0.5, 0.6) is 0 Å². The van der Waals surface area contributed by atoms with Crippen molar-refractivity contribution in [2.24, 2.45) is 5.73 Å². The Bertz CT molecular complexity index is 184. The smallest absolute Gasteiger partial charge is 0.236 e. The van der Waals surface area contributed by atoms with Gasteiger partial charge < -0.3 is 16.2 Å². The van der Waals surface area contributed by atoms with Crippen molar-refractivity contribution in [2.75, 3.05) is 18.6 Å². The van der Waals surface area contributed by atoms with Crippen LogP contribution < -0.4 is 11.1 Å². The highest BCUT2D eigenvalue weighted by molar-refractivity contribution is 7.98. The number of nitrogens with one attached hydrogen (secondary N) is 1. The Kier molecular flexibility index (Phi) is 13.2. The molecule has 0 fully saturated rings. The molecule has 0 heterocycles. The zero-order valence-electron chi connectivity index (χ0n) is 9.94. The first-order valence-electron chi connectivity index (χ1n) is 5.32. The predicted octanol–water partition coefficient (Wildman–Crippen LogP) is 0.766. The maximum atomic E-state index is 11.4. The Morgan fingerprint density at radius 1 is 1.50 bits per heavy atom. The van der Waals surface area contributed by atoms with E-state index < -0.39 is 6.04 Å². The SMILES string of the molecule is CCC(O)CCNC(=O)[C@@H](N)CCSC.Cl. The number of aliphatic hydroxyl groups excluding tert-OH is 1. The third-order valence-corrected chi connectivity index (χ3v) is 2.86. The molecule has 0 aromatic heterocycles. The van der Waals surface area contributed by atoms with Crippen LogP contribution in [0.1, 0.15) is 26.2 Å². The Morgan fingerprint density at radius 2 is 2.12 bits per heavy atom. The van der Waals surface area contributed by atoms with Gasteiger partial charge >= 0.3 is 0 Å². The number of amides is 1. The van der Waals surface area contributed by atoms with Gasteiger partial charge in [-0.3, -0.25) is 4.79 Å². The van der Waals surface area contributed by atoms with Crippen LogP contribution in [0.3, 0.4) is 0 Å². The summed E-state index contributed by atoms with van der Waals surface area (Å²) in [4.78, 5) is 11.4. The lowest BCUT2D eigenvalue weighted by Crippen LogP contribution is -2.41. The van der Waals surface area contributed by atoms with Gasteiger partial charge in [-0.15, -0.1) is 12.4 Å². The van der Waals surface area contributed by atoms with E-state index in [9.17, 15) is 9.90 Å². The lowest BCUT2D eigenvalue weighted by molar-refractivity contribution is -0.122. The largest absolute Gasteiger partial charge is 0.393 e. The number of nitrogens with two attached hydrogens (primary N) is 1. The quantitative estimate of drug-likeness (QED) is 0.609. The third kappa shape index (κ3) is 9.27. The number of carbonyl (C=O) groups is 1. The van der Waals surface area contributed by atoms with Gasteiger partial charge in [0, 0.05) is 6.54 Å². The molecule has 0 bridgehead atoms. The van der Waals surface area contributed by atoms with Gasteiger partial charge in [0.2, 0.25) is 5.91 Å². The van der Waals surface area contributed by atoms with E-state index in [4.69, 9.17) is 5.73 Å². The molecule has 0 rings (SSSR count). The second-order valence-electron chi connectivity index (χ2n) is 3.53. The van der Waals surface area contributed by atoms with Gasteiger partial charge in [0.1, 0.15) is 0 Å². The second kappa shape index (κ2) is 11.5. The van der Waals surface area contributed by atoms with Crippen molar-refractivity contribution in [3.63, 3.8) is 0 Å². The first kappa shape index (κ1) is 18.4. The summed E-state index contributed by atoms with van der Waals surface area (Å²) in [5.41, 5.74) is 5.66. The minimum absolute atomic E-state index is 0. The minimum atomic E-state index is -0.420. The number of hydrogen-bond acceptors (Lipinski definition) is 4. The first-order valence-corrected chi connectivity index (χ1v) is 6.71. The molecule has 2 atom stereocenters. The van der Waals surface area contributed by atoms with Crippen LogP contribution in [0.25, 0.3) is 0 Å². The number of rotatable bonds is 8. The van der Waals surface area contributed by atoms with Gasteiger partial charge in [-0.2, -0.15) is 11.8 Å². The average Bonchev–Trinajstić information content (AvgIpc) is 2.25. The van der Waals surface area contributed by atoms with E-state index in [1.807, 2.05) is 13.2 Å². The molecule has 6 heteroatoms. The topological polar surface area (TPSA) is 75.3 Å². The van der Waals surface area contributed by atoms with Gasteiger partial charge in [-0.1, -0.05) is 6.92 Å². The van der Waals surface area contributed by atoms with Crippen molar-refractivity contribution in [1.82, 2.24) is 5.32 Å². The van der Waals surface area contributed by atoms with Crippen LogP contribution in [0.4, 0.5) is 0 Å². The molecule has 0 aliphatic rings. The van der Waals surface area contributed by atoms with Gasteiger partial charge in [-0.25, -0.2) is 0 Å². The highest BCUT2D eigenvalue weighted by Crippen LogP contribution is 1.99. The highest BCUT2D eigenvalue weighted by atomic mass is 35.5. The van der Waals surface area contributed by atoms with Crippen LogP contribution >= 0.6 is 24.2 Å². The summed E-state index contributed by atoms with van der Waals surface area (Å²) < 4.78 is 0. The molecule has 0 radical (unpaired) electrons. The summed E-state index contributed by atoms with van der Waals surface area (Å²) in [6.07, 6.45) is 3.67. The molecule has 16 heavy (non-hydrogen) atoms. The summed E-state index contributed by atoms with van der Waals surface area (Å²) >= 11 is 1.68. The Balaban J connectivity index is 0. The fourth-order valence-electron chi connectivity index (χ4n) is 1.07. The predicted molar refractivity (Wildman–Crippen MR) is 72.1 cm³/mol. The summed E-state index contributed by atoms with van der Waals surface area (Å²) in [5, 5.41) is 12.0. The van der Waals surface area contributed by atoms with E-state index in [1.54, 1.807) is 11.8 Å². The Labute approximate surface area is 108 Å². The zero-order valence-corrected chi connectivity index (χ0v) is 11.6. The van der Waals surface area contributed by atoms with E-state index in [2.05, 4.69) is 5.32 Å². The van der Waals surface area contributed by atoms with Gasteiger partial charge in [-0.05, 0) is 31.3 Å². The maximum absolute atomic E-state index is 11.4.